The largest absolute Gasteiger partial charge is 0.465 e. The quantitative estimate of drug-likeness (QED) is 0.780. The number of hydrogen-bond acceptors (Lipinski definition) is 2. The lowest BCUT2D eigenvalue weighted by Crippen LogP contribution is -2.29. The molecule has 0 aromatic carbocycles. The molecule has 1 unspecified atom stereocenters. The molecular weight excluding hydrogens is 174 g/mol. The number of furan rings is 1. The van der Waals surface area contributed by atoms with Crippen molar-refractivity contribution in [2.75, 3.05) is 0 Å². The highest BCUT2D eigenvalue weighted by molar-refractivity contribution is 5.53. The smallest absolute Gasteiger partial charge is 0.126 e. The zero-order valence-corrected chi connectivity index (χ0v) is 9.00. The molecule has 1 aromatic rings. The summed E-state index contributed by atoms with van der Waals surface area (Å²) >= 11 is 0. The Morgan fingerprint density at radius 2 is 2.21 bits per heavy atom. The predicted octanol–water partition coefficient (Wildman–Crippen LogP) is 2.81. The van der Waals surface area contributed by atoms with E-state index in [0.717, 1.165) is 12.2 Å². The van der Waals surface area contributed by atoms with Crippen molar-refractivity contribution in [1.29, 1.82) is 0 Å². The third-order valence-electron chi connectivity index (χ3n) is 3.41. The summed E-state index contributed by atoms with van der Waals surface area (Å²) in [7, 11) is 0. The number of rotatable bonds is 2. The van der Waals surface area contributed by atoms with Crippen LogP contribution in [-0.4, -0.2) is 5.54 Å². The first kappa shape index (κ1) is 9.53. The summed E-state index contributed by atoms with van der Waals surface area (Å²) < 4.78 is 5.26. The van der Waals surface area contributed by atoms with Gasteiger partial charge in [-0.3, -0.25) is 0 Å². The van der Waals surface area contributed by atoms with Gasteiger partial charge in [-0.2, -0.15) is 0 Å². The van der Waals surface area contributed by atoms with Gasteiger partial charge in [-0.05, 0) is 42.5 Å². The lowest BCUT2D eigenvalue weighted by atomic mass is 9.97. The van der Waals surface area contributed by atoms with Gasteiger partial charge in [0.05, 0.1) is 6.26 Å². The van der Waals surface area contributed by atoms with Gasteiger partial charge in [0.2, 0.25) is 0 Å². The molecule has 1 aromatic heterocycles. The van der Waals surface area contributed by atoms with E-state index >= 15 is 0 Å². The zero-order valence-electron chi connectivity index (χ0n) is 9.00. The van der Waals surface area contributed by atoms with Crippen LogP contribution < -0.4 is 5.73 Å². The van der Waals surface area contributed by atoms with Gasteiger partial charge >= 0.3 is 0 Å². The van der Waals surface area contributed by atoms with E-state index in [1.807, 2.05) is 18.2 Å². The van der Waals surface area contributed by atoms with Crippen LogP contribution in [0, 0.1) is 5.41 Å². The molecule has 1 saturated carbocycles. The SMILES string of the molecule is C/C(=C\c1ccco1)C1(N)CC1(C)C. The molecular formula is C12H17NO. The Labute approximate surface area is 84.8 Å². The molecule has 1 aliphatic carbocycles. The summed E-state index contributed by atoms with van der Waals surface area (Å²) in [6, 6.07) is 3.84. The fraction of sp³-hybridized carbons (Fsp3) is 0.500. The molecule has 0 amide bonds. The average Bonchev–Trinajstić information content (AvgIpc) is 2.54. The Morgan fingerprint density at radius 1 is 1.57 bits per heavy atom. The Balaban J connectivity index is 2.22. The van der Waals surface area contributed by atoms with Crippen LogP contribution in [0.25, 0.3) is 6.08 Å². The second-order valence-corrected chi connectivity index (χ2v) is 4.87. The first-order valence-electron chi connectivity index (χ1n) is 4.97. The molecule has 2 nitrogen and oxygen atoms in total. The first-order valence-corrected chi connectivity index (χ1v) is 4.97. The molecule has 1 heterocycles. The normalized spacial score (nSPS) is 30.4. The standard InChI is InChI=1S/C12H17NO/c1-9(7-10-5-4-6-14-10)12(13)8-11(12,2)3/h4-7H,8,13H2,1-3H3/b9-7+. The van der Waals surface area contributed by atoms with Crippen LogP contribution in [0.5, 0.6) is 0 Å². The van der Waals surface area contributed by atoms with Crippen molar-refractivity contribution in [2.45, 2.75) is 32.7 Å². The molecule has 76 valence electrons. The fourth-order valence-electron chi connectivity index (χ4n) is 2.04. The molecule has 0 bridgehead atoms. The van der Waals surface area contributed by atoms with E-state index in [-0.39, 0.29) is 11.0 Å². The maximum Gasteiger partial charge on any atom is 0.126 e. The second kappa shape index (κ2) is 2.74. The van der Waals surface area contributed by atoms with Crippen LogP contribution in [-0.2, 0) is 0 Å². The predicted molar refractivity (Wildman–Crippen MR) is 57.7 cm³/mol. The molecule has 0 radical (unpaired) electrons. The van der Waals surface area contributed by atoms with Crippen molar-refractivity contribution in [2.24, 2.45) is 11.1 Å². The van der Waals surface area contributed by atoms with Crippen LogP contribution in [0.3, 0.4) is 0 Å². The number of hydrogen-bond donors (Lipinski definition) is 1. The van der Waals surface area contributed by atoms with E-state index in [1.165, 1.54) is 5.57 Å². The van der Waals surface area contributed by atoms with E-state index < -0.39 is 0 Å². The van der Waals surface area contributed by atoms with E-state index in [4.69, 9.17) is 10.2 Å². The minimum atomic E-state index is -0.125. The van der Waals surface area contributed by atoms with Crippen LogP contribution in [0.1, 0.15) is 33.0 Å². The van der Waals surface area contributed by atoms with Gasteiger partial charge in [-0.25, -0.2) is 0 Å². The molecule has 1 aliphatic rings. The number of nitrogens with two attached hydrogens (primary N) is 1. The summed E-state index contributed by atoms with van der Waals surface area (Å²) in [5.41, 5.74) is 7.59. The molecule has 0 saturated heterocycles. The van der Waals surface area contributed by atoms with Crippen LogP contribution >= 0.6 is 0 Å². The van der Waals surface area contributed by atoms with E-state index in [1.54, 1.807) is 6.26 Å². The maximum absolute atomic E-state index is 6.27. The Kier molecular flexibility index (Phi) is 1.86. The summed E-state index contributed by atoms with van der Waals surface area (Å²) in [5.74, 6) is 0.884. The minimum Gasteiger partial charge on any atom is -0.465 e. The van der Waals surface area contributed by atoms with E-state index in [2.05, 4.69) is 20.8 Å². The van der Waals surface area contributed by atoms with Crippen molar-refractivity contribution >= 4 is 6.08 Å². The van der Waals surface area contributed by atoms with Crippen LogP contribution in [0.4, 0.5) is 0 Å². The van der Waals surface area contributed by atoms with Gasteiger partial charge in [0.1, 0.15) is 5.76 Å². The van der Waals surface area contributed by atoms with Gasteiger partial charge in [0.15, 0.2) is 0 Å². The summed E-state index contributed by atoms with van der Waals surface area (Å²) in [4.78, 5) is 0. The van der Waals surface area contributed by atoms with Crippen LogP contribution in [0.2, 0.25) is 0 Å². The van der Waals surface area contributed by atoms with Gasteiger partial charge in [-0.15, -0.1) is 0 Å². The fourth-order valence-corrected chi connectivity index (χ4v) is 2.04. The molecule has 14 heavy (non-hydrogen) atoms. The third kappa shape index (κ3) is 1.30. The highest BCUT2D eigenvalue weighted by Gasteiger charge is 2.59. The minimum absolute atomic E-state index is 0.125. The molecule has 2 rings (SSSR count). The molecule has 1 atom stereocenters. The highest BCUT2D eigenvalue weighted by Crippen LogP contribution is 2.57. The molecule has 0 aliphatic heterocycles. The van der Waals surface area contributed by atoms with E-state index in [9.17, 15) is 0 Å². The van der Waals surface area contributed by atoms with Gasteiger partial charge in [-0.1, -0.05) is 13.8 Å². The lowest BCUT2D eigenvalue weighted by molar-refractivity contribution is 0.537. The summed E-state index contributed by atoms with van der Waals surface area (Å²) in [6.45, 7) is 6.48. The van der Waals surface area contributed by atoms with E-state index in [0.29, 0.717) is 0 Å². The zero-order chi connectivity index (χ0) is 10.4. The summed E-state index contributed by atoms with van der Waals surface area (Å²) in [6.07, 6.45) is 4.78. The first-order chi connectivity index (χ1) is 6.46. The second-order valence-electron chi connectivity index (χ2n) is 4.87. The van der Waals surface area contributed by atoms with Crippen molar-refractivity contribution in [3.8, 4) is 0 Å². The highest BCUT2D eigenvalue weighted by atomic mass is 16.3. The van der Waals surface area contributed by atoms with Gasteiger partial charge < -0.3 is 10.2 Å². The maximum atomic E-state index is 6.27. The Hall–Kier alpha value is -1.02. The van der Waals surface area contributed by atoms with Gasteiger partial charge in [0.25, 0.3) is 0 Å². The Bertz CT molecular complexity index is 362. The topological polar surface area (TPSA) is 39.2 Å². The third-order valence-corrected chi connectivity index (χ3v) is 3.41. The van der Waals surface area contributed by atoms with Crippen LogP contribution in [0.15, 0.2) is 28.4 Å². The average molecular weight is 191 g/mol. The molecule has 2 heteroatoms. The van der Waals surface area contributed by atoms with Crippen molar-refractivity contribution in [3.05, 3.63) is 29.7 Å². The van der Waals surface area contributed by atoms with Crippen molar-refractivity contribution in [1.82, 2.24) is 0 Å². The monoisotopic (exact) mass is 191 g/mol. The van der Waals surface area contributed by atoms with Gasteiger partial charge in [0, 0.05) is 5.54 Å². The van der Waals surface area contributed by atoms with Crippen molar-refractivity contribution < 1.29 is 4.42 Å². The Morgan fingerprint density at radius 3 is 2.64 bits per heavy atom. The lowest BCUT2D eigenvalue weighted by Gasteiger charge is -2.15. The summed E-state index contributed by atoms with van der Waals surface area (Å²) in [5, 5.41) is 0. The molecule has 1 fully saturated rings. The van der Waals surface area contributed by atoms with Crippen molar-refractivity contribution in [3.63, 3.8) is 0 Å². The molecule has 2 N–H and O–H groups in total. The molecule has 0 spiro atoms.